The molecule has 2 aromatic carbocycles. The van der Waals surface area contributed by atoms with Crippen LogP contribution in [0.25, 0.3) is 0 Å². The van der Waals surface area contributed by atoms with Gasteiger partial charge < -0.3 is 14.7 Å². The first-order chi connectivity index (χ1) is 14.9. The first-order valence-electron chi connectivity index (χ1n) is 10.3. The summed E-state index contributed by atoms with van der Waals surface area (Å²) in [6.07, 6.45) is 4.21. The van der Waals surface area contributed by atoms with Gasteiger partial charge in [0.2, 0.25) is 5.91 Å². The summed E-state index contributed by atoms with van der Waals surface area (Å²) in [7, 11) is 0. The fourth-order valence-electron chi connectivity index (χ4n) is 3.38. The maximum absolute atomic E-state index is 13.2. The molecule has 1 unspecified atom stereocenters. The first kappa shape index (κ1) is 23.8. The van der Waals surface area contributed by atoms with Crippen molar-refractivity contribution in [2.45, 2.75) is 55.7 Å². The van der Waals surface area contributed by atoms with Crippen LogP contribution >= 0.6 is 35.0 Å². The van der Waals surface area contributed by atoms with Crippen molar-refractivity contribution in [3.63, 3.8) is 0 Å². The average molecular weight is 482 g/mol. The summed E-state index contributed by atoms with van der Waals surface area (Å²) in [6, 6.07) is 10.8. The molecule has 1 aliphatic rings. The molecule has 1 N–H and O–H groups in total. The highest BCUT2D eigenvalue weighted by atomic mass is 35.5. The van der Waals surface area contributed by atoms with Crippen molar-refractivity contribution < 1.29 is 19.4 Å². The van der Waals surface area contributed by atoms with Gasteiger partial charge in [-0.1, -0.05) is 55.5 Å². The van der Waals surface area contributed by atoms with E-state index in [-0.39, 0.29) is 18.9 Å². The summed E-state index contributed by atoms with van der Waals surface area (Å²) in [6.45, 7) is 3.05. The molecule has 0 aliphatic carbocycles. The Labute approximate surface area is 196 Å². The number of rotatable bonds is 10. The van der Waals surface area contributed by atoms with Gasteiger partial charge in [-0.15, -0.1) is 11.8 Å². The van der Waals surface area contributed by atoms with Gasteiger partial charge in [0, 0.05) is 11.0 Å². The van der Waals surface area contributed by atoms with Gasteiger partial charge in [0.25, 0.3) is 0 Å². The number of nitrogens with zero attached hydrogens (tertiary/aromatic N) is 1. The molecule has 0 bridgehead atoms. The van der Waals surface area contributed by atoms with Gasteiger partial charge in [-0.25, -0.2) is 0 Å². The molecule has 2 aromatic rings. The second-order valence-electron chi connectivity index (χ2n) is 7.42. The number of carboxylic acids is 1. The van der Waals surface area contributed by atoms with Crippen molar-refractivity contribution in [2.24, 2.45) is 0 Å². The molecule has 1 aliphatic heterocycles. The lowest BCUT2D eigenvalue weighted by Gasteiger charge is -2.33. The van der Waals surface area contributed by atoms with Crippen LogP contribution in [0.15, 0.2) is 41.3 Å². The van der Waals surface area contributed by atoms with Crippen molar-refractivity contribution >= 4 is 52.5 Å². The maximum atomic E-state index is 13.2. The number of anilines is 1. The Balaban J connectivity index is 1.85. The molecule has 166 valence electrons. The van der Waals surface area contributed by atoms with Gasteiger partial charge in [-0.05, 0) is 36.2 Å². The van der Waals surface area contributed by atoms with Crippen LogP contribution in [0.4, 0.5) is 5.69 Å². The van der Waals surface area contributed by atoms with Crippen LogP contribution in [0.3, 0.4) is 0 Å². The van der Waals surface area contributed by atoms with E-state index in [0.717, 1.165) is 23.3 Å². The molecule has 1 heterocycles. The second kappa shape index (κ2) is 11.1. The Morgan fingerprint density at radius 3 is 2.65 bits per heavy atom. The van der Waals surface area contributed by atoms with Crippen LogP contribution in [-0.4, -0.2) is 28.8 Å². The second-order valence-corrected chi connectivity index (χ2v) is 9.47. The number of thioether (sulfide) groups is 1. The zero-order chi connectivity index (χ0) is 22.4. The van der Waals surface area contributed by atoms with Crippen molar-refractivity contribution in [3.8, 4) is 5.75 Å². The highest BCUT2D eigenvalue weighted by molar-refractivity contribution is 8.01. The van der Waals surface area contributed by atoms with E-state index in [1.54, 1.807) is 17.0 Å². The van der Waals surface area contributed by atoms with Crippen LogP contribution in [0.5, 0.6) is 5.75 Å². The number of carboxylic acid groups (broad SMARTS) is 1. The summed E-state index contributed by atoms with van der Waals surface area (Å²) < 4.78 is 5.90. The Hall–Kier alpha value is -1.89. The molecule has 1 amide bonds. The number of hydrogen-bond donors (Lipinski definition) is 1. The van der Waals surface area contributed by atoms with Gasteiger partial charge in [0.15, 0.2) is 0 Å². The first-order valence-corrected chi connectivity index (χ1v) is 11.9. The Kier molecular flexibility index (Phi) is 8.52. The largest absolute Gasteiger partial charge is 0.494 e. The van der Waals surface area contributed by atoms with Crippen LogP contribution in [0.2, 0.25) is 10.0 Å². The van der Waals surface area contributed by atoms with E-state index in [9.17, 15) is 14.7 Å². The maximum Gasteiger partial charge on any atom is 0.305 e. The van der Waals surface area contributed by atoms with E-state index in [2.05, 4.69) is 6.92 Å². The standard InChI is InChI=1S/C23H25Cl2NO4S/c1-2-3-4-5-10-30-16-7-9-20-19(12-16)26(23(29)21(31-20)13-22(27)28)14-15-6-8-17(24)18(25)11-15/h6-9,11-12,21H,2-5,10,13-14H2,1H3,(H,27,28). The third kappa shape index (κ3) is 6.31. The van der Waals surface area contributed by atoms with Crippen LogP contribution in [0, 0.1) is 0 Å². The summed E-state index contributed by atoms with van der Waals surface area (Å²) in [5, 5.41) is 9.40. The number of ether oxygens (including phenoxy) is 1. The van der Waals surface area contributed by atoms with E-state index in [0.29, 0.717) is 28.1 Å². The summed E-state index contributed by atoms with van der Waals surface area (Å²) >= 11 is 13.4. The Morgan fingerprint density at radius 1 is 1.13 bits per heavy atom. The van der Waals surface area contributed by atoms with E-state index >= 15 is 0 Å². The van der Waals surface area contributed by atoms with Gasteiger partial charge in [-0.3, -0.25) is 9.59 Å². The lowest BCUT2D eigenvalue weighted by Crippen LogP contribution is -2.41. The SMILES string of the molecule is CCCCCCOc1ccc2c(c1)N(Cc1ccc(Cl)c(Cl)c1)C(=O)C(CC(=O)O)S2. The molecule has 3 rings (SSSR count). The highest BCUT2D eigenvalue weighted by Gasteiger charge is 2.35. The van der Waals surface area contributed by atoms with E-state index < -0.39 is 11.2 Å². The molecule has 0 aromatic heterocycles. The van der Waals surface area contributed by atoms with E-state index in [1.807, 2.05) is 24.3 Å². The predicted octanol–water partition coefficient (Wildman–Crippen LogP) is 6.43. The minimum absolute atomic E-state index is 0.240. The highest BCUT2D eigenvalue weighted by Crippen LogP contribution is 2.43. The minimum Gasteiger partial charge on any atom is -0.494 e. The van der Waals surface area contributed by atoms with Gasteiger partial charge in [0.05, 0.1) is 40.6 Å². The molecule has 8 heteroatoms. The number of aliphatic carboxylic acids is 1. The Bertz CT molecular complexity index is 953. The van der Waals surface area contributed by atoms with Gasteiger partial charge in [-0.2, -0.15) is 0 Å². The number of halogens is 2. The molecule has 0 fully saturated rings. The monoisotopic (exact) mass is 481 g/mol. The quantitative estimate of drug-likeness (QED) is 0.395. The summed E-state index contributed by atoms with van der Waals surface area (Å²) in [5.41, 5.74) is 1.52. The van der Waals surface area contributed by atoms with Crippen molar-refractivity contribution in [3.05, 3.63) is 52.0 Å². The number of carbonyl (C=O) groups is 2. The van der Waals surface area contributed by atoms with Crippen LogP contribution < -0.4 is 9.64 Å². The van der Waals surface area contributed by atoms with Gasteiger partial charge in [0.1, 0.15) is 5.75 Å². The fraction of sp³-hybridized carbons (Fsp3) is 0.391. The Morgan fingerprint density at radius 2 is 1.94 bits per heavy atom. The average Bonchev–Trinajstić information content (AvgIpc) is 2.73. The third-order valence-corrected chi connectivity index (χ3v) is 6.97. The molecule has 31 heavy (non-hydrogen) atoms. The van der Waals surface area contributed by atoms with Crippen LogP contribution in [0.1, 0.15) is 44.6 Å². The summed E-state index contributed by atoms with van der Waals surface area (Å²) in [5.74, 6) is -0.554. The normalized spacial score (nSPS) is 15.6. The zero-order valence-electron chi connectivity index (χ0n) is 17.3. The third-order valence-electron chi connectivity index (χ3n) is 4.98. The van der Waals surface area contributed by atoms with E-state index in [1.165, 1.54) is 24.6 Å². The fourth-order valence-corrected chi connectivity index (χ4v) is 4.90. The van der Waals surface area contributed by atoms with Crippen molar-refractivity contribution in [2.75, 3.05) is 11.5 Å². The number of amides is 1. The number of benzene rings is 2. The topological polar surface area (TPSA) is 66.8 Å². The smallest absolute Gasteiger partial charge is 0.305 e. The van der Waals surface area contributed by atoms with Gasteiger partial charge >= 0.3 is 5.97 Å². The lowest BCUT2D eigenvalue weighted by atomic mass is 10.1. The molecule has 1 atom stereocenters. The number of hydrogen-bond acceptors (Lipinski definition) is 4. The lowest BCUT2D eigenvalue weighted by molar-refractivity contribution is -0.138. The minimum atomic E-state index is -1.00. The number of fused-ring (bicyclic) bond motifs is 1. The molecule has 0 saturated carbocycles. The molecule has 0 spiro atoms. The van der Waals surface area contributed by atoms with Crippen molar-refractivity contribution in [1.29, 1.82) is 0 Å². The predicted molar refractivity (Wildman–Crippen MR) is 126 cm³/mol. The molecule has 0 saturated heterocycles. The molecular weight excluding hydrogens is 457 g/mol. The number of unbranched alkanes of at least 4 members (excludes halogenated alkanes) is 3. The zero-order valence-corrected chi connectivity index (χ0v) is 19.6. The molecule has 5 nitrogen and oxygen atoms in total. The van der Waals surface area contributed by atoms with E-state index in [4.69, 9.17) is 27.9 Å². The summed E-state index contributed by atoms with van der Waals surface area (Å²) in [4.78, 5) is 26.9. The van der Waals surface area contributed by atoms with Crippen molar-refractivity contribution in [1.82, 2.24) is 0 Å². The number of carbonyl (C=O) groups excluding carboxylic acids is 1. The van der Waals surface area contributed by atoms with Crippen LogP contribution in [-0.2, 0) is 16.1 Å². The molecular formula is C23H25Cl2NO4S. The molecule has 0 radical (unpaired) electrons.